The molecule has 45 heavy (non-hydrogen) atoms. The van der Waals surface area contributed by atoms with Gasteiger partial charge >= 0.3 is 0 Å². The minimum absolute atomic E-state index is 0.917. The lowest BCUT2D eigenvalue weighted by atomic mass is 9.94. The summed E-state index contributed by atoms with van der Waals surface area (Å²) < 4.78 is 2.65. The van der Waals surface area contributed by atoms with Crippen LogP contribution in [-0.2, 0) is 0 Å². The van der Waals surface area contributed by atoms with E-state index in [1.165, 1.54) is 36.9 Å². The lowest BCUT2D eigenvalue weighted by molar-refractivity contribution is 1.37. The van der Waals surface area contributed by atoms with Crippen LogP contribution in [0.2, 0.25) is 0 Å². The second-order valence-electron chi connectivity index (χ2n) is 11.4. The summed E-state index contributed by atoms with van der Waals surface area (Å²) in [6.45, 7) is 0. The normalized spacial score (nSPS) is 11.6. The van der Waals surface area contributed by atoms with Crippen LogP contribution in [0, 0.1) is 0 Å². The fourth-order valence-corrected chi connectivity index (χ4v) is 7.60. The summed E-state index contributed by atoms with van der Waals surface area (Å²) in [6.07, 6.45) is 1.91. The van der Waals surface area contributed by atoms with Gasteiger partial charge in [-0.1, -0.05) is 121 Å². The van der Waals surface area contributed by atoms with Crippen LogP contribution in [0.4, 0.5) is 0 Å². The van der Waals surface area contributed by atoms with Gasteiger partial charge in [0.1, 0.15) is 0 Å². The molecule has 3 heterocycles. The summed E-state index contributed by atoms with van der Waals surface area (Å²) in [5, 5.41) is 4.84. The van der Waals surface area contributed by atoms with Crippen molar-refractivity contribution in [2.45, 2.75) is 0 Å². The molecular weight excluding hydrogens is 565 g/mol. The van der Waals surface area contributed by atoms with Crippen molar-refractivity contribution in [2.24, 2.45) is 0 Å². The van der Waals surface area contributed by atoms with E-state index >= 15 is 0 Å². The van der Waals surface area contributed by atoms with Gasteiger partial charge in [-0.25, -0.2) is 4.98 Å². The second-order valence-corrected chi connectivity index (χ2v) is 12.5. The molecule has 0 aliphatic heterocycles. The molecule has 0 aliphatic rings. The first-order valence-corrected chi connectivity index (χ1v) is 16.0. The van der Waals surface area contributed by atoms with Crippen molar-refractivity contribution in [2.75, 3.05) is 0 Å². The van der Waals surface area contributed by atoms with Crippen LogP contribution in [0.25, 0.3) is 86.6 Å². The van der Waals surface area contributed by atoms with Gasteiger partial charge in [-0.15, -0.1) is 11.3 Å². The maximum absolute atomic E-state index is 5.30. The van der Waals surface area contributed by atoms with E-state index in [4.69, 9.17) is 9.97 Å². The first-order chi connectivity index (χ1) is 22.3. The van der Waals surface area contributed by atoms with Crippen molar-refractivity contribution in [3.63, 3.8) is 0 Å². The monoisotopic (exact) mass is 590 g/mol. The Labute approximate surface area is 264 Å². The first-order valence-electron chi connectivity index (χ1n) is 15.2. The van der Waals surface area contributed by atoms with Gasteiger partial charge < -0.3 is 0 Å². The van der Waals surface area contributed by atoms with Crippen LogP contribution >= 0.6 is 11.3 Å². The number of thiophene rings is 1. The van der Waals surface area contributed by atoms with Gasteiger partial charge in [0.2, 0.25) is 0 Å². The number of benzene rings is 6. The molecule has 0 spiro atoms. The quantitative estimate of drug-likeness (QED) is 0.191. The summed E-state index contributed by atoms with van der Waals surface area (Å²) in [5.41, 5.74) is 10.9. The van der Waals surface area contributed by atoms with Crippen molar-refractivity contribution < 1.29 is 0 Å². The highest BCUT2D eigenvalue weighted by Gasteiger charge is 2.15. The molecular formula is C42H26N2S. The molecule has 0 radical (unpaired) electrons. The molecule has 0 atom stereocenters. The minimum atomic E-state index is 0.917. The summed E-state index contributed by atoms with van der Waals surface area (Å²) in [6, 6.07) is 54.1. The van der Waals surface area contributed by atoms with E-state index in [-0.39, 0.29) is 0 Å². The molecule has 0 N–H and O–H groups in total. The van der Waals surface area contributed by atoms with Gasteiger partial charge in [0.25, 0.3) is 0 Å². The van der Waals surface area contributed by atoms with Crippen LogP contribution in [0.5, 0.6) is 0 Å². The predicted molar refractivity (Wildman–Crippen MR) is 192 cm³/mol. The Hall–Kier alpha value is -5.64. The highest BCUT2D eigenvalue weighted by molar-refractivity contribution is 7.25. The third kappa shape index (κ3) is 4.40. The number of hydrogen-bond donors (Lipinski definition) is 0. The Morgan fingerprint density at radius 1 is 0.378 bits per heavy atom. The van der Waals surface area contributed by atoms with E-state index in [1.54, 1.807) is 0 Å². The molecule has 3 heteroatoms. The summed E-state index contributed by atoms with van der Waals surface area (Å²) in [5.74, 6) is 0. The van der Waals surface area contributed by atoms with Crippen LogP contribution in [-0.4, -0.2) is 9.97 Å². The Kier molecular flexibility index (Phi) is 6.03. The molecule has 0 saturated heterocycles. The van der Waals surface area contributed by atoms with Gasteiger partial charge in [-0.3, -0.25) is 4.98 Å². The van der Waals surface area contributed by atoms with Gasteiger partial charge in [0, 0.05) is 42.7 Å². The van der Waals surface area contributed by atoms with Gasteiger partial charge in [-0.05, 0) is 63.7 Å². The van der Waals surface area contributed by atoms with Crippen LogP contribution in [0.1, 0.15) is 0 Å². The molecule has 6 aromatic carbocycles. The lowest BCUT2D eigenvalue weighted by Gasteiger charge is -2.14. The number of rotatable bonds is 4. The molecule has 0 aliphatic carbocycles. The first kappa shape index (κ1) is 25.8. The smallest absolute Gasteiger partial charge is 0.0978 e. The zero-order chi connectivity index (χ0) is 29.7. The lowest BCUT2D eigenvalue weighted by Crippen LogP contribution is -1.93. The molecule has 0 saturated carbocycles. The van der Waals surface area contributed by atoms with Gasteiger partial charge in [-0.2, -0.15) is 0 Å². The Balaban J connectivity index is 1.20. The van der Waals surface area contributed by atoms with Crippen molar-refractivity contribution >= 4 is 53.3 Å². The SMILES string of the molecule is c1ccc(-c2ccnc3c2ccc2c(-c4ccccc4)cc(-c4ccc(-c5ccc6sc7ccccc7c6c5)cc4)nc23)cc1. The largest absolute Gasteiger partial charge is 0.254 e. The maximum Gasteiger partial charge on any atom is 0.0978 e. The predicted octanol–water partition coefficient (Wildman–Crippen LogP) is 11.8. The topological polar surface area (TPSA) is 25.8 Å². The average Bonchev–Trinajstić information content (AvgIpc) is 3.49. The molecule has 0 fully saturated rings. The number of nitrogens with zero attached hydrogens (tertiary/aromatic N) is 2. The van der Waals surface area contributed by atoms with E-state index in [1.807, 2.05) is 17.5 Å². The Morgan fingerprint density at radius 2 is 1.00 bits per heavy atom. The second kappa shape index (κ2) is 10.5. The zero-order valence-electron chi connectivity index (χ0n) is 24.3. The Bertz CT molecular complexity index is 2510. The van der Waals surface area contributed by atoms with Crippen molar-refractivity contribution in [1.82, 2.24) is 9.97 Å². The third-order valence-electron chi connectivity index (χ3n) is 8.75. The van der Waals surface area contributed by atoms with Gasteiger partial charge in [0.05, 0.1) is 16.7 Å². The maximum atomic E-state index is 5.30. The molecule has 9 aromatic rings. The molecule has 3 aromatic heterocycles. The summed E-state index contributed by atoms with van der Waals surface area (Å²) in [4.78, 5) is 10.2. The van der Waals surface area contributed by atoms with E-state index in [2.05, 4.69) is 152 Å². The van der Waals surface area contributed by atoms with E-state index in [9.17, 15) is 0 Å². The fourth-order valence-electron chi connectivity index (χ4n) is 6.51. The number of hydrogen-bond acceptors (Lipinski definition) is 3. The number of aromatic nitrogens is 2. The van der Waals surface area contributed by atoms with Crippen molar-refractivity contribution in [3.8, 4) is 44.6 Å². The summed E-state index contributed by atoms with van der Waals surface area (Å²) in [7, 11) is 0. The van der Waals surface area contributed by atoms with E-state index < -0.39 is 0 Å². The van der Waals surface area contributed by atoms with Crippen LogP contribution in [0.15, 0.2) is 158 Å². The van der Waals surface area contributed by atoms with Crippen LogP contribution < -0.4 is 0 Å². The van der Waals surface area contributed by atoms with Crippen LogP contribution in [0.3, 0.4) is 0 Å². The Morgan fingerprint density at radius 3 is 1.78 bits per heavy atom. The standard InChI is InChI=1S/C42H26N2S/c1-3-9-28(10-4-1)32-23-24-43-41-34(32)20-21-35-36(29-11-5-2-6-12-29)26-38(44-42(35)41)30-17-15-27(16-18-30)31-19-22-40-37(25-31)33-13-7-8-14-39(33)45-40/h1-26H. The molecule has 2 nitrogen and oxygen atoms in total. The third-order valence-corrected chi connectivity index (χ3v) is 9.90. The fraction of sp³-hybridized carbons (Fsp3) is 0. The van der Waals surface area contributed by atoms with Crippen molar-refractivity contribution in [1.29, 1.82) is 0 Å². The molecule has 9 rings (SSSR count). The highest BCUT2D eigenvalue weighted by atomic mass is 32.1. The van der Waals surface area contributed by atoms with E-state index in [0.29, 0.717) is 0 Å². The van der Waals surface area contributed by atoms with Gasteiger partial charge in [0.15, 0.2) is 0 Å². The minimum Gasteiger partial charge on any atom is -0.254 e. The van der Waals surface area contributed by atoms with Crippen molar-refractivity contribution in [3.05, 3.63) is 158 Å². The average molecular weight is 591 g/mol. The highest BCUT2D eigenvalue weighted by Crippen LogP contribution is 2.39. The molecule has 0 amide bonds. The zero-order valence-corrected chi connectivity index (χ0v) is 25.1. The molecule has 0 bridgehead atoms. The molecule has 210 valence electrons. The number of pyridine rings is 2. The van der Waals surface area contributed by atoms with E-state index in [0.717, 1.165) is 49.8 Å². The number of fused-ring (bicyclic) bond motifs is 6. The summed E-state index contributed by atoms with van der Waals surface area (Å²) >= 11 is 1.85. The molecule has 0 unspecified atom stereocenters.